The molecule has 1 amide bonds. The van der Waals surface area contributed by atoms with Gasteiger partial charge in [0.05, 0.1) is 29.0 Å². The fraction of sp³-hybridized carbons (Fsp3) is 0.129. The number of hydrogen-bond acceptors (Lipinski definition) is 6. The first kappa shape index (κ1) is 27.2. The van der Waals surface area contributed by atoms with E-state index in [0.717, 1.165) is 10.0 Å². The lowest BCUT2D eigenvalue weighted by Crippen LogP contribution is -2.40. The number of nitrogens with zero attached hydrogens (tertiary/aromatic N) is 2. The van der Waals surface area contributed by atoms with Crippen molar-refractivity contribution in [3.8, 4) is 23.8 Å². The number of amides is 1. The molecule has 40 heavy (non-hydrogen) atoms. The van der Waals surface area contributed by atoms with Gasteiger partial charge in [0, 0.05) is 15.7 Å². The SMILES string of the molecule is C#CCOc1ccc(Br)cc1/C=c1/sc2n(c1=O)[C@@H](c1ccc(OC)cc1)C(C(=O)Nc1ccccc1)=C(C)N=2. The molecule has 3 aromatic carbocycles. The summed E-state index contributed by atoms with van der Waals surface area (Å²) in [6, 6.07) is 21.3. The molecule has 0 unspecified atom stereocenters. The van der Waals surface area contributed by atoms with E-state index in [2.05, 4.69) is 27.2 Å². The number of methoxy groups -OCH3 is 1. The number of nitrogens with one attached hydrogen (secondary N) is 1. The molecule has 0 saturated carbocycles. The second kappa shape index (κ2) is 11.8. The first-order valence-corrected chi connectivity index (χ1v) is 13.9. The van der Waals surface area contributed by atoms with Crippen LogP contribution in [-0.4, -0.2) is 24.2 Å². The number of aromatic nitrogens is 1. The molecule has 0 fully saturated rings. The summed E-state index contributed by atoms with van der Waals surface area (Å²) in [6.07, 6.45) is 7.14. The largest absolute Gasteiger partial charge is 0.497 e. The van der Waals surface area contributed by atoms with E-state index in [9.17, 15) is 9.59 Å². The highest BCUT2D eigenvalue weighted by atomic mass is 79.9. The van der Waals surface area contributed by atoms with E-state index in [1.807, 2.05) is 66.7 Å². The summed E-state index contributed by atoms with van der Waals surface area (Å²) in [5.74, 6) is 3.35. The number of carbonyl (C=O) groups excluding carboxylic acids is 1. The number of fused-ring (bicyclic) bond motifs is 1. The normalized spacial score (nSPS) is 14.7. The fourth-order valence-corrected chi connectivity index (χ4v) is 5.87. The van der Waals surface area contributed by atoms with E-state index in [1.54, 1.807) is 30.7 Å². The fourth-order valence-electron chi connectivity index (χ4n) is 4.46. The number of terminal acetylenes is 1. The van der Waals surface area contributed by atoms with E-state index in [-0.39, 0.29) is 18.1 Å². The number of carbonyl (C=O) groups is 1. The number of halogens is 1. The summed E-state index contributed by atoms with van der Waals surface area (Å²) in [5.41, 5.74) is 2.73. The molecule has 0 aliphatic carbocycles. The predicted octanol–water partition coefficient (Wildman–Crippen LogP) is 4.66. The number of ether oxygens (including phenoxy) is 2. The summed E-state index contributed by atoms with van der Waals surface area (Å²) < 4.78 is 13.9. The number of rotatable bonds is 7. The Balaban J connectivity index is 1.67. The summed E-state index contributed by atoms with van der Waals surface area (Å²) >= 11 is 4.74. The molecule has 1 aromatic heterocycles. The minimum absolute atomic E-state index is 0.0975. The number of thiazole rings is 1. The zero-order chi connectivity index (χ0) is 28.2. The van der Waals surface area contributed by atoms with Crippen LogP contribution in [0.1, 0.15) is 24.1 Å². The van der Waals surface area contributed by atoms with Crippen molar-refractivity contribution < 1.29 is 14.3 Å². The molecule has 200 valence electrons. The predicted molar refractivity (Wildman–Crippen MR) is 160 cm³/mol. The van der Waals surface area contributed by atoms with Gasteiger partial charge in [-0.05, 0) is 61.0 Å². The van der Waals surface area contributed by atoms with E-state index in [1.165, 1.54) is 11.3 Å². The van der Waals surface area contributed by atoms with Crippen LogP contribution in [-0.2, 0) is 4.79 Å². The molecule has 1 aliphatic heterocycles. The van der Waals surface area contributed by atoms with Crippen LogP contribution in [0.5, 0.6) is 11.5 Å². The molecule has 1 aliphatic rings. The standard InChI is InChI=1S/C31H24BrN3O4S/c1-4-16-39-25-15-12-22(32)17-21(25)18-26-30(37)35-28(20-10-13-24(38-3)14-11-20)27(19(2)33-31(35)40-26)29(36)34-23-8-6-5-7-9-23/h1,5-15,17-18,28H,16H2,2-3H3,(H,34,36)/b26-18+/t28-/m0/s1. The Hall–Kier alpha value is -4.39. The molecular weight excluding hydrogens is 590 g/mol. The van der Waals surface area contributed by atoms with Gasteiger partial charge in [-0.3, -0.25) is 14.2 Å². The maximum absolute atomic E-state index is 14.0. The van der Waals surface area contributed by atoms with Gasteiger partial charge >= 0.3 is 0 Å². The van der Waals surface area contributed by atoms with Crippen LogP contribution in [0.2, 0.25) is 0 Å². The molecular formula is C31H24BrN3O4S. The van der Waals surface area contributed by atoms with Gasteiger partial charge in [-0.15, -0.1) is 6.42 Å². The van der Waals surface area contributed by atoms with E-state index in [4.69, 9.17) is 20.9 Å². The van der Waals surface area contributed by atoms with Crippen molar-refractivity contribution in [2.24, 2.45) is 4.99 Å². The van der Waals surface area contributed by atoms with Crippen molar-refractivity contribution in [2.75, 3.05) is 19.0 Å². The van der Waals surface area contributed by atoms with E-state index < -0.39 is 6.04 Å². The Bertz CT molecular complexity index is 1830. The molecule has 1 N–H and O–H groups in total. The van der Waals surface area contributed by atoms with Crippen molar-refractivity contribution in [2.45, 2.75) is 13.0 Å². The van der Waals surface area contributed by atoms with Crippen LogP contribution in [0.3, 0.4) is 0 Å². The average molecular weight is 615 g/mol. The van der Waals surface area contributed by atoms with Gasteiger partial charge < -0.3 is 14.8 Å². The summed E-state index contributed by atoms with van der Waals surface area (Å²) in [5, 5.41) is 2.96. The first-order chi connectivity index (χ1) is 19.4. The minimum atomic E-state index is -0.701. The van der Waals surface area contributed by atoms with Gasteiger partial charge in [0.1, 0.15) is 18.1 Å². The van der Waals surface area contributed by atoms with Crippen LogP contribution in [0.4, 0.5) is 5.69 Å². The Morgan fingerprint density at radius 3 is 2.62 bits per heavy atom. The van der Waals surface area contributed by atoms with Gasteiger partial charge in [-0.1, -0.05) is 63.5 Å². The summed E-state index contributed by atoms with van der Waals surface area (Å²) in [6.45, 7) is 1.88. The number of benzene rings is 3. The Morgan fingerprint density at radius 1 is 1.18 bits per heavy atom. The molecule has 1 atom stereocenters. The lowest BCUT2D eigenvalue weighted by molar-refractivity contribution is -0.113. The molecule has 5 rings (SSSR count). The van der Waals surface area contributed by atoms with E-state index in [0.29, 0.717) is 43.4 Å². The van der Waals surface area contributed by atoms with Crippen molar-refractivity contribution in [3.05, 3.63) is 119 Å². The van der Waals surface area contributed by atoms with Crippen LogP contribution >= 0.6 is 27.3 Å². The molecule has 9 heteroatoms. The van der Waals surface area contributed by atoms with Crippen LogP contribution in [0, 0.1) is 12.3 Å². The smallest absolute Gasteiger partial charge is 0.271 e. The van der Waals surface area contributed by atoms with Gasteiger partial charge in [-0.25, -0.2) is 4.99 Å². The molecule has 0 bridgehead atoms. The van der Waals surface area contributed by atoms with Crippen LogP contribution in [0.15, 0.2) is 98.3 Å². The molecule has 7 nitrogen and oxygen atoms in total. The van der Waals surface area contributed by atoms with Crippen molar-refractivity contribution in [1.29, 1.82) is 0 Å². The van der Waals surface area contributed by atoms with Crippen molar-refractivity contribution in [1.82, 2.24) is 4.57 Å². The summed E-state index contributed by atoms with van der Waals surface area (Å²) in [7, 11) is 1.59. The summed E-state index contributed by atoms with van der Waals surface area (Å²) in [4.78, 5) is 32.9. The van der Waals surface area contributed by atoms with Gasteiger partial charge in [-0.2, -0.15) is 0 Å². The minimum Gasteiger partial charge on any atom is -0.497 e. The molecule has 2 heterocycles. The third-order valence-electron chi connectivity index (χ3n) is 6.30. The zero-order valence-corrected chi connectivity index (χ0v) is 24.1. The zero-order valence-electron chi connectivity index (χ0n) is 21.7. The molecule has 4 aromatic rings. The highest BCUT2D eigenvalue weighted by molar-refractivity contribution is 9.10. The molecule has 0 radical (unpaired) electrons. The number of anilines is 1. The second-order valence-electron chi connectivity index (χ2n) is 8.85. The second-order valence-corrected chi connectivity index (χ2v) is 10.8. The topological polar surface area (TPSA) is 81.9 Å². The van der Waals surface area contributed by atoms with Gasteiger partial charge in [0.15, 0.2) is 4.80 Å². The quantitative estimate of drug-likeness (QED) is 0.308. The third-order valence-corrected chi connectivity index (χ3v) is 7.78. The highest BCUT2D eigenvalue weighted by Gasteiger charge is 2.32. The van der Waals surface area contributed by atoms with Gasteiger partial charge in [0.25, 0.3) is 11.5 Å². The number of hydrogen-bond donors (Lipinski definition) is 1. The maximum Gasteiger partial charge on any atom is 0.271 e. The third kappa shape index (κ3) is 5.50. The highest BCUT2D eigenvalue weighted by Crippen LogP contribution is 2.32. The number of para-hydroxylation sites is 1. The lowest BCUT2D eigenvalue weighted by atomic mass is 9.95. The average Bonchev–Trinajstić information content (AvgIpc) is 3.26. The van der Waals surface area contributed by atoms with Crippen molar-refractivity contribution >= 4 is 44.9 Å². The Kier molecular flexibility index (Phi) is 8.01. The Morgan fingerprint density at radius 2 is 1.93 bits per heavy atom. The van der Waals surface area contributed by atoms with Crippen molar-refractivity contribution in [3.63, 3.8) is 0 Å². The molecule has 0 spiro atoms. The van der Waals surface area contributed by atoms with Crippen LogP contribution < -0.4 is 29.7 Å². The number of allylic oxidation sites excluding steroid dienone is 1. The van der Waals surface area contributed by atoms with E-state index >= 15 is 0 Å². The Labute approximate surface area is 243 Å². The lowest BCUT2D eigenvalue weighted by Gasteiger charge is -2.25. The molecule has 0 saturated heterocycles. The van der Waals surface area contributed by atoms with Crippen LogP contribution in [0.25, 0.3) is 6.08 Å². The maximum atomic E-state index is 14.0. The van der Waals surface area contributed by atoms with Gasteiger partial charge in [0.2, 0.25) is 0 Å². The first-order valence-electron chi connectivity index (χ1n) is 12.3. The monoisotopic (exact) mass is 613 g/mol.